The maximum Gasteiger partial charge on any atom is 0.237 e. The van der Waals surface area contributed by atoms with Gasteiger partial charge in [0.2, 0.25) is 5.91 Å². The summed E-state index contributed by atoms with van der Waals surface area (Å²) in [6.45, 7) is 5.78. The first kappa shape index (κ1) is 14.0. The van der Waals surface area contributed by atoms with E-state index in [-0.39, 0.29) is 18.9 Å². The third-order valence-electron chi connectivity index (χ3n) is 3.18. The van der Waals surface area contributed by atoms with E-state index < -0.39 is 12.2 Å². The van der Waals surface area contributed by atoms with Crippen molar-refractivity contribution in [3.05, 3.63) is 18.2 Å². The average Bonchev–Trinajstić information content (AvgIpc) is 2.95. The molecule has 106 valence electrons. The van der Waals surface area contributed by atoms with Crippen molar-refractivity contribution in [3.8, 4) is 0 Å². The minimum Gasteiger partial charge on any atom is -0.348 e. The summed E-state index contributed by atoms with van der Waals surface area (Å²) in [5, 5.41) is 5.68. The van der Waals surface area contributed by atoms with Crippen LogP contribution >= 0.6 is 0 Å². The minimum absolute atomic E-state index is 0.153. The third-order valence-corrected chi connectivity index (χ3v) is 3.18. The Morgan fingerprint density at radius 1 is 1.68 bits per heavy atom. The maximum atomic E-state index is 13.0. The monoisotopic (exact) mass is 268 g/mol. The van der Waals surface area contributed by atoms with Crippen LogP contribution < -0.4 is 10.6 Å². The van der Waals surface area contributed by atoms with Gasteiger partial charge in [0, 0.05) is 31.9 Å². The van der Waals surface area contributed by atoms with Gasteiger partial charge in [-0.15, -0.1) is 0 Å². The molecule has 0 radical (unpaired) electrons. The standard InChI is InChI=1S/C13H21FN4O/c1-9(2)8-18-4-3-15-12(18)7-17-13(19)11-5-10(14)6-16-11/h3-4,9-11,16H,5-8H2,1-2H3,(H,17,19)/t10-,11+/m0/s1. The quantitative estimate of drug-likeness (QED) is 0.832. The SMILES string of the molecule is CC(C)Cn1ccnc1CNC(=O)[C@H]1C[C@H](F)CN1. The highest BCUT2D eigenvalue weighted by Crippen LogP contribution is 2.10. The fourth-order valence-corrected chi connectivity index (χ4v) is 2.25. The van der Waals surface area contributed by atoms with Gasteiger partial charge in [0.05, 0.1) is 12.6 Å². The van der Waals surface area contributed by atoms with Crippen molar-refractivity contribution in [1.29, 1.82) is 0 Å². The van der Waals surface area contributed by atoms with Gasteiger partial charge in [0.1, 0.15) is 12.0 Å². The van der Waals surface area contributed by atoms with E-state index in [9.17, 15) is 9.18 Å². The van der Waals surface area contributed by atoms with Gasteiger partial charge < -0.3 is 15.2 Å². The van der Waals surface area contributed by atoms with Gasteiger partial charge in [-0.05, 0) is 5.92 Å². The lowest BCUT2D eigenvalue weighted by Crippen LogP contribution is -2.40. The smallest absolute Gasteiger partial charge is 0.237 e. The van der Waals surface area contributed by atoms with E-state index in [1.807, 2.05) is 10.8 Å². The predicted octanol–water partition coefficient (Wildman–Crippen LogP) is 0.855. The summed E-state index contributed by atoms with van der Waals surface area (Å²) in [6.07, 6.45) is 2.98. The summed E-state index contributed by atoms with van der Waals surface area (Å²) in [5.41, 5.74) is 0. The van der Waals surface area contributed by atoms with Gasteiger partial charge in [-0.1, -0.05) is 13.8 Å². The van der Waals surface area contributed by atoms with Crippen molar-refractivity contribution in [1.82, 2.24) is 20.2 Å². The molecule has 5 nitrogen and oxygen atoms in total. The number of hydrogen-bond donors (Lipinski definition) is 2. The molecule has 2 atom stereocenters. The Bertz CT molecular complexity index is 432. The lowest BCUT2D eigenvalue weighted by atomic mass is 10.2. The van der Waals surface area contributed by atoms with Crippen molar-refractivity contribution in [3.63, 3.8) is 0 Å². The number of carbonyl (C=O) groups is 1. The Hall–Kier alpha value is -1.43. The second-order valence-corrected chi connectivity index (χ2v) is 5.40. The van der Waals surface area contributed by atoms with Crippen LogP contribution in [0.15, 0.2) is 12.4 Å². The fourth-order valence-electron chi connectivity index (χ4n) is 2.25. The molecular weight excluding hydrogens is 247 g/mol. The highest BCUT2D eigenvalue weighted by atomic mass is 19.1. The highest BCUT2D eigenvalue weighted by molar-refractivity contribution is 5.82. The number of hydrogen-bond acceptors (Lipinski definition) is 3. The molecular formula is C13H21FN4O. The largest absolute Gasteiger partial charge is 0.348 e. The molecule has 0 saturated carbocycles. The van der Waals surface area contributed by atoms with Gasteiger partial charge in [-0.25, -0.2) is 9.37 Å². The number of carbonyl (C=O) groups excluding carboxylic acids is 1. The minimum atomic E-state index is -0.918. The van der Waals surface area contributed by atoms with Crippen LogP contribution in [0.2, 0.25) is 0 Å². The van der Waals surface area contributed by atoms with Crippen molar-refractivity contribution < 1.29 is 9.18 Å². The van der Waals surface area contributed by atoms with Crippen LogP contribution in [0.1, 0.15) is 26.1 Å². The van der Waals surface area contributed by atoms with E-state index in [1.54, 1.807) is 6.20 Å². The Labute approximate surface area is 112 Å². The first-order chi connectivity index (χ1) is 9.06. The van der Waals surface area contributed by atoms with Gasteiger partial charge in [-0.3, -0.25) is 4.79 Å². The molecule has 1 aliphatic heterocycles. The first-order valence-corrected chi connectivity index (χ1v) is 6.71. The van der Waals surface area contributed by atoms with Gasteiger partial charge >= 0.3 is 0 Å². The fraction of sp³-hybridized carbons (Fsp3) is 0.692. The lowest BCUT2D eigenvalue weighted by molar-refractivity contribution is -0.123. The molecule has 19 heavy (non-hydrogen) atoms. The van der Waals surface area contributed by atoms with Crippen LogP contribution in [0.3, 0.4) is 0 Å². The molecule has 0 aromatic carbocycles. The molecule has 0 bridgehead atoms. The van der Waals surface area contributed by atoms with Crippen molar-refractivity contribution in [2.75, 3.05) is 6.54 Å². The maximum absolute atomic E-state index is 13.0. The second kappa shape index (κ2) is 6.14. The van der Waals surface area contributed by atoms with Crippen molar-refractivity contribution in [2.45, 2.75) is 45.6 Å². The summed E-state index contributed by atoms with van der Waals surface area (Å²) in [7, 11) is 0. The van der Waals surface area contributed by atoms with Crippen LogP contribution in [0, 0.1) is 5.92 Å². The zero-order valence-electron chi connectivity index (χ0n) is 11.4. The molecule has 1 saturated heterocycles. The first-order valence-electron chi connectivity index (χ1n) is 6.71. The van der Waals surface area contributed by atoms with E-state index in [4.69, 9.17) is 0 Å². The molecule has 1 aromatic rings. The van der Waals surface area contributed by atoms with Crippen LogP contribution in [0.25, 0.3) is 0 Å². The van der Waals surface area contributed by atoms with E-state index in [1.165, 1.54) is 0 Å². The number of nitrogens with zero attached hydrogens (tertiary/aromatic N) is 2. The molecule has 2 N–H and O–H groups in total. The van der Waals surface area contributed by atoms with Crippen LogP contribution in [0.5, 0.6) is 0 Å². The number of rotatable bonds is 5. The van der Waals surface area contributed by atoms with E-state index in [2.05, 4.69) is 29.5 Å². The Morgan fingerprint density at radius 2 is 2.47 bits per heavy atom. The number of nitrogens with one attached hydrogen (secondary N) is 2. The molecule has 1 amide bonds. The molecule has 2 rings (SSSR count). The number of halogens is 1. The molecule has 1 fully saturated rings. The molecule has 0 aliphatic carbocycles. The summed E-state index contributed by atoms with van der Waals surface area (Å²) < 4.78 is 15.0. The van der Waals surface area contributed by atoms with E-state index >= 15 is 0 Å². The van der Waals surface area contributed by atoms with Crippen molar-refractivity contribution in [2.24, 2.45) is 5.92 Å². The number of imidazole rings is 1. The topological polar surface area (TPSA) is 59.0 Å². The Morgan fingerprint density at radius 3 is 3.11 bits per heavy atom. The Balaban J connectivity index is 1.85. The van der Waals surface area contributed by atoms with Gasteiger partial charge in [0.15, 0.2) is 0 Å². The Kier molecular flexibility index (Phi) is 4.52. The van der Waals surface area contributed by atoms with Crippen LogP contribution in [0.4, 0.5) is 4.39 Å². The molecule has 0 unspecified atom stereocenters. The second-order valence-electron chi connectivity index (χ2n) is 5.40. The average molecular weight is 268 g/mol. The lowest BCUT2D eigenvalue weighted by Gasteiger charge is -2.13. The van der Waals surface area contributed by atoms with Crippen LogP contribution in [-0.2, 0) is 17.9 Å². The third kappa shape index (κ3) is 3.76. The zero-order valence-corrected chi connectivity index (χ0v) is 11.4. The number of aromatic nitrogens is 2. The number of amides is 1. The molecule has 2 heterocycles. The van der Waals surface area contributed by atoms with Gasteiger partial charge in [-0.2, -0.15) is 0 Å². The summed E-state index contributed by atoms with van der Waals surface area (Å²) in [5.74, 6) is 1.20. The zero-order chi connectivity index (χ0) is 13.8. The summed E-state index contributed by atoms with van der Waals surface area (Å²) in [4.78, 5) is 16.1. The molecule has 1 aliphatic rings. The summed E-state index contributed by atoms with van der Waals surface area (Å²) in [6, 6.07) is -0.413. The van der Waals surface area contributed by atoms with Crippen molar-refractivity contribution >= 4 is 5.91 Å². The van der Waals surface area contributed by atoms with Gasteiger partial charge in [0.25, 0.3) is 0 Å². The highest BCUT2D eigenvalue weighted by Gasteiger charge is 2.29. The number of alkyl halides is 1. The normalized spacial score (nSPS) is 22.9. The van der Waals surface area contributed by atoms with Crippen LogP contribution in [-0.4, -0.2) is 34.2 Å². The van der Waals surface area contributed by atoms with E-state index in [0.29, 0.717) is 12.5 Å². The summed E-state index contributed by atoms with van der Waals surface area (Å²) >= 11 is 0. The van der Waals surface area contributed by atoms with E-state index in [0.717, 1.165) is 12.4 Å². The molecule has 0 spiro atoms. The predicted molar refractivity (Wildman–Crippen MR) is 70.2 cm³/mol. The molecule has 6 heteroatoms. The molecule has 1 aromatic heterocycles.